The summed E-state index contributed by atoms with van der Waals surface area (Å²) in [5.74, 6) is 4.21. The van der Waals surface area contributed by atoms with Crippen LogP contribution in [0.3, 0.4) is 0 Å². The van der Waals surface area contributed by atoms with Crippen molar-refractivity contribution in [1.29, 1.82) is 0 Å². The first-order valence-electron chi connectivity index (χ1n) is 8.52. The fourth-order valence-electron chi connectivity index (χ4n) is 3.18. The van der Waals surface area contributed by atoms with Crippen LogP contribution in [0.1, 0.15) is 12.2 Å². The van der Waals surface area contributed by atoms with Gasteiger partial charge in [-0.2, -0.15) is 11.8 Å². The highest BCUT2D eigenvalue weighted by atomic mass is 32.2. The molecule has 0 bridgehead atoms. The molecular weight excluding hydrogens is 350 g/mol. The number of nitrogens with zero attached hydrogens (tertiary/aromatic N) is 3. The normalized spacial score (nSPS) is 15.5. The molecule has 3 heterocycles. The maximum atomic E-state index is 5.29. The average molecular weight is 372 g/mol. The minimum absolute atomic E-state index is 0.449. The Hall–Kier alpha value is -1.63. The highest BCUT2D eigenvalue weighted by Crippen LogP contribution is 2.38. The summed E-state index contributed by atoms with van der Waals surface area (Å²) in [4.78, 5) is 13.1. The third-order valence-corrected chi connectivity index (χ3v) is 6.26. The van der Waals surface area contributed by atoms with Crippen LogP contribution < -0.4 is 4.90 Å². The van der Waals surface area contributed by atoms with E-state index < -0.39 is 0 Å². The van der Waals surface area contributed by atoms with Crippen LogP contribution in [0.4, 0.5) is 5.82 Å². The first-order valence-corrected chi connectivity index (χ1v) is 10.6. The second kappa shape index (κ2) is 7.72. The zero-order valence-electron chi connectivity index (χ0n) is 14.3. The van der Waals surface area contributed by atoms with E-state index >= 15 is 0 Å². The van der Waals surface area contributed by atoms with Gasteiger partial charge in [-0.1, -0.05) is 30.3 Å². The Kier molecular flexibility index (Phi) is 5.20. The minimum Gasteiger partial charge on any atom is -0.377 e. The molecule has 1 aliphatic heterocycles. The number of benzene rings is 1. The van der Waals surface area contributed by atoms with E-state index in [1.54, 1.807) is 18.4 Å². The summed E-state index contributed by atoms with van der Waals surface area (Å²) in [6.07, 6.45) is 1.20. The maximum Gasteiger partial charge on any atom is 0.158 e. The molecule has 25 heavy (non-hydrogen) atoms. The summed E-state index contributed by atoms with van der Waals surface area (Å²) in [7, 11) is 1.69. The van der Waals surface area contributed by atoms with Gasteiger partial charge in [-0.15, -0.1) is 11.3 Å². The Bertz CT molecular complexity index is 843. The van der Waals surface area contributed by atoms with Gasteiger partial charge in [-0.25, -0.2) is 9.97 Å². The smallest absolute Gasteiger partial charge is 0.158 e. The molecule has 3 aromatic rings. The van der Waals surface area contributed by atoms with E-state index in [9.17, 15) is 0 Å². The summed E-state index contributed by atoms with van der Waals surface area (Å²) >= 11 is 3.72. The van der Waals surface area contributed by atoms with Gasteiger partial charge in [-0.05, 0) is 17.7 Å². The van der Waals surface area contributed by atoms with Gasteiger partial charge in [-0.3, -0.25) is 0 Å². The fourth-order valence-corrected chi connectivity index (χ4v) is 5.02. The second-order valence-corrected chi connectivity index (χ2v) is 8.13. The summed E-state index contributed by atoms with van der Waals surface area (Å²) in [5.41, 5.74) is 2.46. The van der Waals surface area contributed by atoms with E-state index in [-0.39, 0.29) is 0 Å². The van der Waals surface area contributed by atoms with Crippen molar-refractivity contribution in [1.82, 2.24) is 9.97 Å². The maximum absolute atomic E-state index is 5.29. The van der Waals surface area contributed by atoms with Gasteiger partial charge >= 0.3 is 0 Å². The molecule has 0 unspecified atom stereocenters. The fraction of sp³-hybridized carbons (Fsp3) is 0.368. The third kappa shape index (κ3) is 3.52. The van der Waals surface area contributed by atoms with Crippen LogP contribution in [0.5, 0.6) is 0 Å². The van der Waals surface area contributed by atoms with E-state index in [0.717, 1.165) is 35.3 Å². The Balaban J connectivity index is 1.88. The molecule has 6 heteroatoms. The molecule has 130 valence electrons. The monoisotopic (exact) mass is 371 g/mol. The molecule has 0 saturated carbocycles. The zero-order chi connectivity index (χ0) is 17.1. The first-order chi connectivity index (χ1) is 12.4. The molecular formula is C19H21N3OS2. The number of hydrogen-bond acceptors (Lipinski definition) is 6. The molecule has 0 N–H and O–H groups in total. The molecule has 1 aromatic carbocycles. The van der Waals surface area contributed by atoms with Gasteiger partial charge in [0.25, 0.3) is 0 Å². The molecule has 0 amide bonds. The number of aromatic nitrogens is 2. The average Bonchev–Trinajstić information content (AvgIpc) is 2.88. The van der Waals surface area contributed by atoms with Gasteiger partial charge in [0, 0.05) is 36.9 Å². The van der Waals surface area contributed by atoms with Gasteiger partial charge in [0.2, 0.25) is 0 Å². The number of thiophene rings is 1. The van der Waals surface area contributed by atoms with E-state index in [4.69, 9.17) is 14.7 Å². The second-order valence-electron chi connectivity index (χ2n) is 6.04. The molecule has 1 aliphatic rings. The van der Waals surface area contributed by atoms with Gasteiger partial charge in [0.05, 0.1) is 5.39 Å². The Morgan fingerprint density at radius 1 is 1.12 bits per heavy atom. The van der Waals surface area contributed by atoms with Crippen molar-refractivity contribution in [3.05, 3.63) is 41.5 Å². The van der Waals surface area contributed by atoms with Crippen molar-refractivity contribution in [2.45, 2.75) is 13.0 Å². The lowest BCUT2D eigenvalue weighted by Crippen LogP contribution is -2.27. The number of thioether (sulfide) groups is 1. The van der Waals surface area contributed by atoms with Crippen LogP contribution in [0.25, 0.3) is 21.3 Å². The molecule has 1 saturated heterocycles. The topological polar surface area (TPSA) is 38.2 Å². The minimum atomic E-state index is 0.449. The predicted molar refractivity (Wildman–Crippen MR) is 108 cm³/mol. The zero-order valence-corrected chi connectivity index (χ0v) is 15.9. The lowest BCUT2D eigenvalue weighted by Gasteiger charge is -2.23. The van der Waals surface area contributed by atoms with Crippen molar-refractivity contribution in [2.24, 2.45) is 0 Å². The van der Waals surface area contributed by atoms with Crippen LogP contribution in [-0.4, -0.2) is 41.7 Å². The van der Waals surface area contributed by atoms with Crippen LogP contribution >= 0.6 is 23.1 Å². The van der Waals surface area contributed by atoms with Crippen molar-refractivity contribution in [3.8, 4) is 11.1 Å². The summed E-state index contributed by atoms with van der Waals surface area (Å²) in [6.45, 7) is 2.53. The molecule has 0 aliphatic carbocycles. The predicted octanol–water partition coefficient (Wildman–Crippen LogP) is 4.45. The molecule has 4 nitrogen and oxygen atoms in total. The third-order valence-electron chi connectivity index (χ3n) is 4.34. The Morgan fingerprint density at radius 3 is 2.84 bits per heavy atom. The number of fused-ring (bicyclic) bond motifs is 1. The molecule has 4 rings (SSSR count). The van der Waals surface area contributed by atoms with Crippen LogP contribution in [0.15, 0.2) is 35.7 Å². The quantitative estimate of drug-likeness (QED) is 0.677. The SMILES string of the molecule is COCc1nc(N2CCCSCC2)c2c(-c3ccccc3)csc2n1. The molecule has 1 fully saturated rings. The van der Waals surface area contributed by atoms with E-state index in [2.05, 4.69) is 40.6 Å². The lowest BCUT2D eigenvalue weighted by molar-refractivity contribution is 0.178. The highest BCUT2D eigenvalue weighted by Gasteiger charge is 2.20. The number of anilines is 1. The van der Waals surface area contributed by atoms with E-state index in [1.165, 1.54) is 28.7 Å². The van der Waals surface area contributed by atoms with Crippen molar-refractivity contribution in [3.63, 3.8) is 0 Å². The van der Waals surface area contributed by atoms with Crippen molar-refractivity contribution in [2.75, 3.05) is 36.6 Å². The van der Waals surface area contributed by atoms with Crippen LogP contribution in [0.2, 0.25) is 0 Å². The Labute approximate surface area is 156 Å². The largest absolute Gasteiger partial charge is 0.377 e. The lowest BCUT2D eigenvalue weighted by atomic mass is 10.1. The number of methoxy groups -OCH3 is 1. The molecule has 0 radical (unpaired) electrons. The van der Waals surface area contributed by atoms with E-state index in [1.807, 2.05) is 11.8 Å². The summed E-state index contributed by atoms with van der Waals surface area (Å²) in [5, 5.41) is 3.39. The standard InChI is InChI=1S/C19H21N3OS2/c1-23-12-16-20-18(22-8-5-10-24-11-9-22)17-15(13-25-19(17)21-16)14-6-3-2-4-7-14/h2-4,6-7,13H,5,8-12H2,1H3. The van der Waals surface area contributed by atoms with Crippen molar-refractivity contribution >= 4 is 39.1 Å². The number of hydrogen-bond donors (Lipinski definition) is 0. The van der Waals surface area contributed by atoms with Gasteiger partial charge in [0.15, 0.2) is 5.82 Å². The molecule has 0 spiro atoms. The Morgan fingerprint density at radius 2 is 2.00 bits per heavy atom. The number of rotatable bonds is 4. The first kappa shape index (κ1) is 16.8. The molecule has 0 atom stereocenters. The van der Waals surface area contributed by atoms with Gasteiger partial charge < -0.3 is 9.64 Å². The van der Waals surface area contributed by atoms with Crippen molar-refractivity contribution < 1.29 is 4.74 Å². The van der Waals surface area contributed by atoms with E-state index in [0.29, 0.717) is 6.61 Å². The summed E-state index contributed by atoms with van der Waals surface area (Å²) in [6, 6.07) is 10.5. The van der Waals surface area contributed by atoms with Crippen LogP contribution in [-0.2, 0) is 11.3 Å². The number of ether oxygens (including phenoxy) is 1. The van der Waals surface area contributed by atoms with Crippen LogP contribution in [0, 0.1) is 0 Å². The highest BCUT2D eigenvalue weighted by molar-refractivity contribution is 7.99. The summed E-state index contributed by atoms with van der Waals surface area (Å²) < 4.78 is 5.29. The molecule has 2 aromatic heterocycles. The van der Waals surface area contributed by atoms with Gasteiger partial charge in [0.1, 0.15) is 17.3 Å².